The molecule has 0 fully saturated rings. The zero-order chi connectivity index (χ0) is 14.1. The first kappa shape index (κ1) is 12.3. The van der Waals surface area contributed by atoms with Crippen molar-refractivity contribution in [1.82, 2.24) is 4.98 Å². The number of rotatable bonds is 2. The largest absolute Gasteiger partial charge is 0.465 e. The van der Waals surface area contributed by atoms with Crippen molar-refractivity contribution >= 4 is 22.6 Å². The SMILES string of the molecule is COC(=O)c1ccc(-c2c[nH]c3ccccc23)c(N)c1. The third-order valence-corrected chi connectivity index (χ3v) is 3.35. The van der Waals surface area contributed by atoms with Crippen LogP contribution in [0.1, 0.15) is 10.4 Å². The van der Waals surface area contributed by atoms with Gasteiger partial charge in [0.25, 0.3) is 0 Å². The first-order valence-electron chi connectivity index (χ1n) is 6.25. The van der Waals surface area contributed by atoms with Crippen molar-refractivity contribution in [2.24, 2.45) is 0 Å². The van der Waals surface area contributed by atoms with Gasteiger partial charge in [-0.1, -0.05) is 24.3 Å². The van der Waals surface area contributed by atoms with E-state index in [0.717, 1.165) is 22.0 Å². The molecule has 0 aliphatic rings. The van der Waals surface area contributed by atoms with Gasteiger partial charge < -0.3 is 15.5 Å². The maximum absolute atomic E-state index is 11.5. The van der Waals surface area contributed by atoms with Crippen LogP contribution in [0.2, 0.25) is 0 Å². The molecule has 0 unspecified atom stereocenters. The summed E-state index contributed by atoms with van der Waals surface area (Å²) in [7, 11) is 1.35. The third-order valence-electron chi connectivity index (χ3n) is 3.35. The van der Waals surface area contributed by atoms with E-state index in [1.165, 1.54) is 7.11 Å². The average Bonchev–Trinajstić information content (AvgIpc) is 2.90. The second-order valence-corrected chi connectivity index (χ2v) is 4.54. The highest BCUT2D eigenvalue weighted by Gasteiger charge is 2.12. The van der Waals surface area contributed by atoms with E-state index in [4.69, 9.17) is 10.5 Å². The van der Waals surface area contributed by atoms with Crippen LogP contribution in [0, 0.1) is 0 Å². The number of ether oxygens (including phenoxy) is 1. The summed E-state index contributed by atoms with van der Waals surface area (Å²) in [5.74, 6) is -0.387. The van der Waals surface area contributed by atoms with Gasteiger partial charge in [-0.05, 0) is 18.2 Å². The van der Waals surface area contributed by atoms with Crippen LogP contribution < -0.4 is 5.73 Å². The van der Waals surface area contributed by atoms with Crippen molar-refractivity contribution in [3.8, 4) is 11.1 Å². The molecule has 1 heterocycles. The minimum absolute atomic E-state index is 0.387. The Labute approximate surface area is 116 Å². The van der Waals surface area contributed by atoms with Gasteiger partial charge in [-0.2, -0.15) is 0 Å². The Hall–Kier alpha value is -2.75. The van der Waals surface area contributed by atoms with Crippen molar-refractivity contribution < 1.29 is 9.53 Å². The van der Waals surface area contributed by atoms with Gasteiger partial charge in [0.15, 0.2) is 0 Å². The second kappa shape index (κ2) is 4.74. The number of aromatic amines is 1. The van der Waals surface area contributed by atoms with E-state index in [-0.39, 0.29) is 5.97 Å². The molecule has 0 amide bonds. The van der Waals surface area contributed by atoms with Gasteiger partial charge in [0.2, 0.25) is 0 Å². The van der Waals surface area contributed by atoms with Gasteiger partial charge in [-0.25, -0.2) is 4.79 Å². The monoisotopic (exact) mass is 266 g/mol. The minimum atomic E-state index is -0.387. The van der Waals surface area contributed by atoms with Gasteiger partial charge in [0.05, 0.1) is 12.7 Å². The van der Waals surface area contributed by atoms with E-state index in [1.54, 1.807) is 12.1 Å². The topological polar surface area (TPSA) is 68.1 Å². The Morgan fingerprint density at radius 2 is 1.95 bits per heavy atom. The number of aromatic nitrogens is 1. The highest BCUT2D eigenvalue weighted by molar-refractivity contribution is 6.00. The van der Waals surface area contributed by atoms with E-state index >= 15 is 0 Å². The van der Waals surface area contributed by atoms with E-state index < -0.39 is 0 Å². The van der Waals surface area contributed by atoms with Crippen LogP contribution in [0.4, 0.5) is 5.69 Å². The fraction of sp³-hybridized carbons (Fsp3) is 0.0625. The number of methoxy groups -OCH3 is 1. The number of esters is 1. The molecule has 3 aromatic rings. The Bertz CT molecular complexity index is 790. The highest BCUT2D eigenvalue weighted by atomic mass is 16.5. The predicted molar refractivity (Wildman–Crippen MR) is 79.5 cm³/mol. The average molecular weight is 266 g/mol. The highest BCUT2D eigenvalue weighted by Crippen LogP contribution is 2.32. The standard InChI is InChI=1S/C16H14N2O2/c1-20-16(19)10-6-7-11(14(17)8-10)13-9-18-15-5-3-2-4-12(13)15/h2-9,18H,17H2,1H3. The molecule has 0 saturated heterocycles. The van der Waals surface area contributed by atoms with Crippen LogP contribution in [0.25, 0.3) is 22.0 Å². The maximum Gasteiger partial charge on any atom is 0.337 e. The number of carbonyl (C=O) groups is 1. The number of H-pyrrole nitrogens is 1. The molecule has 0 spiro atoms. The normalized spacial score (nSPS) is 10.7. The maximum atomic E-state index is 11.5. The molecule has 0 radical (unpaired) electrons. The lowest BCUT2D eigenvalue weighted by molar-refractivity contribution is 0.0601. The van der Waals surface area contributed by atoms with Crippen molar-refractivity contribution in [1.29, 1.82) is 0 Å². The molecule has 0 atom stereocenters. The van der Waals surface area contributed by atoms with Crippen molar-refractivity contribution in [2.75, 3.05) is 12.8 Å². The number of anilines is 1. The van der Waals surface area contributed by atoms with Gasteiger partial charge in [-0.3, -0.25) is 0 Å². The fourth-order valence-corrected chi connectivity index (χ4v) is 2.35. The van der Waals surface area contributed by atoms with E-state index in [2.05, 4.69) is 4.98 Å². The molecule has 1 aromatic heterocycles. The van der Waals surface area contributed by atoms with Gasteiger partial charge in [0, 0.05) is 33.9 Å². The Balaban J connectivity index is 2.13. The van der Waals surface area contributed by atoms with Crippen LogP contribution in [-0.2, 0) is 4.74 Å². The molecule has 20 heavy (non-hydrogen) atoms. The van der Waals surface area contributed by atoms with Gasteiger partial charge in [0.1, 0.15) is 0 Å². The lowest BCUT2D eigenvalue weighted by atomic mass is 10.0. The molecule has 0 saturated carbocycles. The van der Waals surface area contributed by atoms with Crippen molar-refractivity contribution in [3.05, 3.63) is 54.2 Å². The van der Waals surface area contributed by atoms with Crippen LogP contribution in [0.3, 0.4) is 0 Å². The summed E-state index contributed by atoms with van der Waals surface area (Å²) < 4.78 is 4.69. The Kier molecular flexibility index (Phi) is 2.91. The summed E-state index contributed by atoms with van der Waals surface area (Å²) in [5.41, 5.74) is 10.1. The number of carbonyl (C=O) groups excluding carboxylic acids is 1. The molecule has 3 N–H and O–H groups in total. The molecule has 0 aliphatic heterocycles. The molecule has 4 nitrogen and oxygen atoms in total. The first-order valence-corrected chi connectivity index (χ1v) is 6.25. The summed E-state index contributed by atoms with van der Waals surface area (Å²) >= 11 is 0. The number of nitrogen functional groups attached to an aromatic ring is 1. The number of fused-ring (bicyclic) bond motifs is 1. The lowest BCUT2D eigenvalue weighted by Gasteiger charge is -2.07. The molecule has 100 valence electrons. The van der Waals surface area contributed by atoms with E-state index in [1.807, 2.05) is 36.5 Å². The van der Waals surface area contributed by atoms with Crippen molar-refractivity contribution in [3.63, 3.8) is 0 Å². The first-order chi connectivity index (χ1) is 9.70. The number of para-hydroxylation sites is 1. The second-order valence-electron chi connectivity index (χ2n) is 4.54. The third kappa shape index (κ3) is 1.91. The molecule has 0 aliphatic carbocycles. The summed E-state index contributed by atoms with van der Waals surface area (Å²) in [6.07, 6.45) is 1.92. The van der Waals surface area contributed by atoms with E-state index in [9.17, 15) is 4.79 Å². The summed E-state index contributed by atoms with van der Waals surface area (Å²) in [6, 6.07) is 13.2. The molecule has 3 rings (SSSR count). The number of hydrogen-bond donors (Lipinski definition) is 2. The zero-order valence-corrected chi connectivity index (χ0v) is 11.0. The summed E-state index contributed by atoms with van der Waals surface area (Å²) in [4.78, 5) is 14.7. The molecule has 4 heteroatoms. The number of benzene rings is 2. The Morgan fingerprint density at radius 3 is 2.70 bits per heavy atom. The summed E-state index contributed by atoms with van der Waals surface area (Å²) in [5, 5.41) is 1.10. The number of nitrogens with two attached hydrogens (primary N) is 1. The number of nitrogens with one attached hydrogen (secondary N) is 1. The molecular weight excluding hydrogens is 252 g/mol. The predicted octanol–water partition coefficient (Wildman–Crippen LogP) is 3.20. The zero-order valence-electron chi connectivity index (χ0n) is 11.0. The van der Waals surface area contributed by atoms with Crippen LogP contribution >= 0.6 is 0 Å². The lowest BCUT2D eigenvalue weighted by Crippen LogP contribution is -2.02. The minimum Gasteiger partial charge on any atom is -0.465 e. The Morgan fingerprint density at radius 1 is 1.15 bits per heavy atom. The van der Waals surface area contributed by atoms with Crippen LogP contribution in [0.15, 0.2) is 48.7 Å². The van der Waals surface area contributed by atoms with Gasteiger partial charge in [-0.15, -0.1) is 0 Å². The smallest absolute Gasteiger partial charge is 0.337 e. The molecule has 2 aromatic carbocycles. The van der Waals surface area contributed by atoms with Gasteiger partial charge >= 0.3 is 5.97 Å². The summed E-state index contributed by atoms with van der Waals surface area (Å²) in [6.45, 7) is 0. The molecule has 0 bridgehead atoms. The van der Waals surface area contributed by atoms with Crippen LogP contribution in [-0.4, -0.2) is 18.1 Å². The van der Waals surface area contributed by atoms with Crippen molar-refractivity contribution in [2.45, 2.75) is 0 Å². The quantitative estimate of drug-likeness (QED) is 0.553. The van der Waals surface area contributed by atoms with Crippen LogP contribution in [0.5, 0.6) is 0 Å². The molecular formula is C16H14N2O2. The number of hydrogen-bond acceptors (Lipinski definition) is 3. The fourth-order valence-electron chi connectivity index (χ4n) is 2.35. The van der Waals surface area contributed by atoms with E-state index in [0.29, 0.717) is 11.3 Å².